The molecule has 0 unspecified atom stereocenters. The fraction of sp³-hybridized carbons (Fsp3) is 0.111. The van der Waals surface area contributed by atoms with Crippen molar-refractivity contribution in [2.45, 2.75) is 0 Å². The number of halogens is 1. The van der Waals surface area contributed by atoms with Gasteiger partial charge in [-0.15, -0.1) is 0 Å². The Labute approximate surface area is 74.2 Å². The van der Waals surface area contributed by atoms with Gasteiger partial charge >= 0.3 is 0 Å². The van der Waals surface area contributed by atoms with Gasteiger partial charge in [0.25, 0.3) is 0 Å². The zero-order chi connectivity index (χ0) is 9.26. The molecule has 66 valence electrons. The predicted molar refractivity (Wildman–Crippen MR) is 46.0 cm³/mol. The second kappa shape index (κ2) is 2.97. The zero-order valence-corrected chi connectivity index (χ0v) is 6.99. The minimum absolute atomic E-state index is 0.238. The molecule has 0 spiro atoms. The molecule has 13 heavy (non-hydrogen) atoms. The third-order valence-corrected chi connectivity index (χ3v) is 1.72. The van der Waals surface area contributed by atoms with E-state index in [9.17, 15) is 4.39 Å². The van der Waals surface area contributed by atoms with Crippen LogP contribution in [0.1, 0.15) is 0 Å². The van der Waals surface area contributed by atoms with Crippen LogP contribution in [0.15, 0.2) is 24.4 Å². The summed E-state index contributed by atoms with van der Waals surface area (Å²) in [6, 6.07) is 4.59. The van der Waals surface area contributed by atoms with Crippen LogP contribution >= 0.6 is 0 Å². The molecule has 0 saturated carbocycles. The average Bonchev–Trinajstić information content (AvgIpc) is 2.18. The fourth-order valence-corrected chi connectivity index (χ4v) is 1.09. The third-order valence-electron chi connectivity index (χ3n) is 1.72. The van der Waals surface area contributed by atoms with Crippen molar-refractivity contribution in [1.82, 2.24) is 9.97 Å². The summed E-state index contributed by atoms with van der Waals surface area (Å²) in [7, 11) is 1.49. The summed E-state index contributed by atoms with van der Waals surface area (Å²) >= 11 is 0. The first kappa shape index (κ1) is 7.91. The second-order valence-electron chi connectivity index (χ2n) is 2.51. The normalized spacial score (nSPS) is 10.3. The summed E-state index contributed by atoms with van der Waals surface area (Å²) in [6.45, 7) is 0. The Hall–Kier alpha value is -1.71. The molecule has 3 nitrogen and oxygen atoms in total. The lowest BCUT2D eigenvalue weighted by molar-refractivity contribution is 0.399. The van der Waals surface area contributed by atoms with Crippen LogP contribution in [0, 0.1) is 5.82 Å². The van der Waals surface area contributed by atoms with E-state index in [0.29, 0.717) is 11.4 Å². The van der Waals surface area contributed by atoms with Crippen molar-refractivity contribution < 1.29 is 9.13 Å². The summed E-state index contributed by atoms with van der Waals surface area (Å²) in [4.78, 5) is 7.89. The number of nitrogens with zero attached hydrogens (tertiary/aromatic N) is 2. The first-order valence-electron chi connectivity index (χ1n) is 3.76. The molecule has 0 saturated heterocycles. The van der Waals surface area contributed by atoms with Crippen LogP contribution in [0.3, 0.4) is 0 Å². The summed E-state index contributed by atoms with van der Waals surface area (Å²) < 4.78 is 18.0. The monoisotopic (exact) mass is 178 g/mol. The molecule has 0 aliphatic rings. The molecule has 2 heterocycles. The number of rotatable bonds is 1. The average molecular weight is 178 g/mol. The van der Waals surface area contributed by atoms with Gasteiger partial charge in [-0.05, 0) is 12.1 Å². The zero-order valence-electron chi connectivity index (χ0n) is 6.99. The molecular formula is C9H7FN2O. The van der Waals surface area contributed by atoms with E-state index in [0.717, 1.165) is 0 Å². The highest BCUT2D eigenvalue weighted by molar-refractivity contribution is 5.74. The lowest BCUT2D eigenvalue weighted by atomic mass is 10.3. The van der Waals surface area contributed by atoms with Crippen molar-refractivity contribution in [3.05, 3.63) is 30.2 Å². The van der Waals surface area contributed by atoms with Crippen LogP contribution in [-0.2, 0) is 0 Å². The van der Waals surface area contributed by atoms with Crippen molar-refractivity contribution in [2.75, 3.05) is 7.11 Å². The first-order chi connectivity index (χ1) is 6.31. The highest BCUT2D eigenvalue weighted by Crippen LogP contribution is 2.16. The van der Waals surface area contributed by atoms with Gasteiger partial charge in [0.05, 0.1) is 12.6 Å². The van der Waals surface area contributed by atoms with Crippen molar-refractivity contribution in [3.8, 4) is 5.88 Å². The number of methoxy groups -OCH3 is 1. The molecule has 0 radical (unpaired) electrons. The fourth-order valence-electron chi connectivity index (χ4n) is 1.09. The number of fused-ring (bicyclic) bond motifs is 1. The van der Waals surface area contributed by atoms with Crippen LogP contribution in [-0.4, -0.2) is 17.1 Å². The Kier molecular flexibility index (Phi) is 1.81. The number of aromatic nitrogens is 2. The van der Waals surface area contributed by atoms with Gasteiger partial charge in [-0.2, -0.15) is 0 Å². The van der Waals surface area contributed by atoms with Gasteiger partial charge in [-0.3, -0.25) is 4.98 Å². The highest BCUT2D eigenvalue weighted by atomic mass is 19.1. The summed E-state index contributed by atoms with van der Waals surface area (Å²) in [5, 5.41) is 0. The van der Waals surface area contributed by atoms with Gasteiger partial charge in [0.2, 0.25) is 5.88 Å². The Morgan fingerprint density at radius 1 is 1.31 bits per heavy atom. The van der Waals surface area contributed by atoms with Gasteiger partial charge in [-0.1, -0.05) is 0 Å². The smallest absolute Gasteiger partial charge is 0.213 e. The van der Waals surface area contributed by atoms with E-state index in [4.69, 9.17) is 4.74 Å². The molecule has 4 heteroatoms. The molecule has 2 aromatic rings. The van der Waals surface area contributed by atoms with Crippen molar-refractivity contribution in [2.24, 2.45) is 0 Å². The molecule has 0 bridgehead atoms. The summed E-state index contributed by atoms with van der Waals surface area (Å²) in [5.74, 6) is 0.00306. The molecule has 0 aliphatic heterocycles. The standard InChI is InChI=1S/C9H7FN2O/c1-13-8-3-2-7-9(12-8)6(10)4-5-11-7/h2-5H,1H3. The molecular weight excluding hydrogens is 171 g/mol. The second-order valence-corrected chi connectivity index (χ2v) is 2.51. The highest BCUT2D eigenvalue weighted by Gasteiger charge is 2.03. The van der Waals surface area contributed by atoms with E-state index in [1.54, 1.807) is 12.1 Å². The number of hydrogen-bond acceptors (Lipinski definition) is 3. The maximum Gasteiger partial charge on any atom is 0.213 e. The Balaban J connectivity index is 2.74. The predicted octanol–water partition coefficient (Wildman–Crippen LogP) is 1.78. The lowest BCUT2D eigenvalue weighted by Gasteiger charge is -2.00. The maximum absolute atomic E-state index is 13.1. The SMILES string of the molecule is COc1ccc2nccc(F)c2n1. The Morgan fingerprint density at radius 2 is 2.15 bits per heavy atom. The van der Waals surface area contributed by atoms with E-state index in [-0.39, 0.29) is 11.3 Å². The van der Waals surface area contributed by atoms with E-state index < -0.39 is 0 Å². The molecule has 0 fully saturated rings. The Bertz CT molecular complexity index is 445. The largest absolute Gasteiger partial charge is 0.481 e. The van der Waals surface area contributed by atoms with Gasteiger partial charge in [-0.25, -0.2) is 9.37 Å². The van der Waals surface area contributed by atoms with Crippen LogP contribution in [0.2, 0.25) is 0 Å². The molecule has 0 aromatic carbocycles. The number of hydrogen-bond donors (Lipinski definition) is 0. The van der Waals surface area contributed by atoms with E-state index >= 15 is 0 Å². The minimum Gasteiger partial charge on any atom is -0.481 e. The van der Waals surface area contributed by atoms with Crippen LogP contribution in [0.25, 0.3) is 11.0 Å². The number of pyridine rings is 2. The van der Waals surface area contributed by atoms with Gasteiger partial charge in [0.15, 0.2) is 5.82 Å². The van der Waals surface area contributed by atoms with E-state index in [1.807, 2.05) is 0 Å². The van der Waals surface area contributed by atoms with Gasteiger partial charge < -0.3 is 4.74 Å². The molecule has 2 aromatic heterocycles. The van der Waals surface area contributed by atoms with Gasteiger partial charge in [0, 0.05) is 12.3 Å². The quantitative estimate of drug-likeness (QED) is 0.667. The Morgan fingerprint density at radius 3 is 2.92 bits per heavy atom. The van der Waals surface area contributed by atoms with Crippen LogP contribution in [0.5, 0.6) is 5.88 Å². The van der Waals surface area contributed by atoms with Crippen molar-refractivity contribution >= 4 is 11.0 Å². The molecule has 0 N–H and O–H groups in total. The maximum atomic E-state index is 13.1. The number of ether oxygens (including phenoxy) is 1. The first-order valence-corrected chi connectivity index (χ1v) is 3.76. The minimum atomic E-state index is -0.385. The lowest BCUT2D eigenvalue weighted by Crippen LogP contribution is -1.91. The third kappa shape index (κ3) is 1.30. The molecule has 0 atom stereocenters. The van der Waals surface area contributed by atoms with Crippen molar-refractivity contribution in [1.29, 1.82) is 0 Å². The van der Waals surface area contributed by atoms with E-state index in [1.165, 1.54) is 19.4 Å². The molecule has 0 aliphatic carbocycles. The topological polar surface area (TPSA) is 35.0 Å². The van der Waals surface area contributed by atoms with Crippen LogP contribution in [0.4, 0.5) is 4.39 Å². The molecule has 0 amide bonds. The van der Waals surface area contributed by atoms with Crippen LogP contribution < -0.4 is 4.74 Å². The molecule has 2 rings (SSSR count). The van der Waals surface area contributed by atoms with Crippen molar-refractivity contribution in [3.63, 3.8) is 0 Å². The van der Waals surface area contributed by atoms with Gasteiger partial charge in [0.1, 0.15) is 5.52 Å². The summed E-state index contributed by atoms with van der Waals surface area (Å²) in [5.41, 5.74) is 0.766. The summed E-state index contributed by atoms with van der Waals surface area (Å²) in [6.07, 6.45) is 1.41. The van der Waals surface area contributed by atoms with E-state index in [2.05, 4.69) is 9.97 Å².